The van der Waals surface area contributed by atoms with Gasteiger partial charge in [0.2, 0.25) is 0 Å². The molecule has 1 aliphatic carbocycles. The van der Waals surface area contributed by atoms with Crippen molar-refractivity contribution in [2.45, 2.75) is 71.1 Å². The minimum absolute atomic E-state index is 0.109. The van der Waals surface area contributed by atoms with Gasteiger partial charge in [-0.05, 0) is 59.6 Å². The summed E-state index contributed by atoms with van der Waals surface area (Å²) in [5, 5.41) is 1.74. The third-order valence-corrected chi connectivity index (χ3v) is 7.43. The van der Waals surface area contributed by atoms with Gasteiger partial charge in [-0.15, -0.1) is 6.58 Å². The van der Waals surface area contributed by atoms with Gasteiger partial charge in [0, 0.05) is 10.9 Å². The van der Waals surface area contributed by atoms with E-state index in [1.807, 2.05) is 30.3 Å². The fraction of sp³-hybridized carbons (Fsp3) is 0.419. The van der Waals surface area contributed by atoms with Crippen LogP contribution in [0.15, 0.2) is 67.3 Å². The molecule has 1 saturated carbocycles. The largest absolute Gasteiger partial charge is 0.206 e. The van der Waals surface area contributed by atoms with Gasteiger partial charge in [0.25, 0.3) is 0 Å². The van der Waals surface area contributed by atoms with Crippen molar-refractivity contribution in [3.63, 3.8) is 0 Å². The van der Waals surface area contributed by atoms with Crippen LogP contribution in [0.25, 0.3) is 21.9 Å². The van der Waals surface area contributed by atoms with Crippen molar-refractivity contribution in [3.8, 4) is 11.1 Å². The van der Waals surface area contributed by atoms with Gasteiger partial charge in [-0.3, -0.25) is 0 Å². The van der Waals surface area contributed by atoms with Crippen molar-refractivity contribution in [1.29, 1.82) is 0 Å². The van der Waals surface area contributed by atoms with E-state index in [0.29, 0.717) is 5.56 Å². The molecule has 1 aliphatic rings. The molecule has 0 heterocycles. The van der Waals surface area contributed by atoms with Crippen LogP contribution in [0.5, 0.6) is 0 Å². The average Bonchev–Trinajstić information content (AvgIpc) is 2.83. The summed E-state index contributed by atoms with van der Waals surface area (Å²) in [7, 11) is 0. The van der Waals surface area contributed by atoms with Crippen LogP contribution in [0.1, 0.15) is 69.4 Å². The summed E-state index contributed by atoms with van der Waals surface area (Å²) in [5.74, 6) is 1.73. The summed E-state index contributed by atoms with van der Waals surface area (Å²) < 4.78 is 15.4. The Labute approximate surface area is 193 Å². The Morgan fingerprint density at radius 3 is 2.22 bits per heavy atom. The van der Waals surface area contributed by atoms with Gasteiger partial charge in [-0.2, -0.15) is 0 Å². The number of hydrogen-bond acceptors (Lipinski definition) is 0. The maximum Gasteiger partial charge on any atom is 0.138 e. The summed E-state index contributed by atoms with van der Waals surface area (Å²) in [4.78, 5) is 0. The van der Waals surface area contributed by atoms with Gasteiger partial charge in [0.05, 0.1) is 0 Å². The van der Waals surface area contributed by atoms with Crippen LogP contribution in [0.4, 0.5) is 4.39 Å². The highest BCUT2D eigenvalue weighted by atomic mass is 19.1. The predicted octanol–water partition coefficient (Wildman–Crippen LogP) is 9.30. The Kier molecular flexibility index (Phi) is 7.79. The molecule has 0 bridgehead atoms. The topological polar surface area (TPSA) is 0 Å². The van der Waals surface area contributed by atoms with E-state index >= 15 is 4.39 Å². The molecule has 0 radical (unpaired) electrons. The molecule has 3 aromatic carbocycles. The van der Waals surface area contributed by atoms with Crippen molar-refractivity contribution in [1.82, 2.24) is 0 Å². The lowest BCUT2D eigenvalue weighted by molar-refractivity contribution is 0.252. The molecule has 0 aromatic heterocycles. The van der Waals surface area contributed by atoms with E-state index in [-0.39, 0.29) is 5.82 Å². The zero-order valence-corrected chi connectivity index (χ0v) is 19.6. The smallest absolute Gasteiger partial charge is 0.138 e. The molecule has 1 heteroatoms. The molecule has 0 saturated heterocycles. The monoisotopic (exact) mass is 428 g/mol. The van der Waals surface area contributed by atoms with Gasteiger partial charge >= 0.3 is 0 Å². The summed E-state index contributed by atoms with van der Waals surface area (Å²) in [6.07, 6.45) is 14.6. The maximum atomic E-state index is 15.4. The summed E-state index contributed by atoms with van der Waals surface area (Å²) in [6.45, 7) is 6.09. The summed E-state index contributed by atoms with van der Waals surface area (Å²) in [5.41, 5.74) is 4.23. The van der Waals surface area contributed by atoms with Crippen LogP contribution in [0.2, 0.25) is 0 Å². The van der Waals surface area contributed by atoms with Crippen LogP contribution < -0.4 is 0 Å². The molecule has 1 fully saturated rings. The lowest BCUT2D eigenvalue weighted by atomic mass is 9.78. The molecule has 32 heavy (non-hydrogen) atoms. The first-order valence-electron chi connectivity index (χ1n) is 12.6. The van der Waals surface area contributed by atoms with E-state index in [1.165, 1.54) is 56.1 Å². The number of allylic oxidation sites excluding steroid dienone is 1. The minimum atomic E-state index is -0.109. The van der Waals surface area contributed by atoms with E-state index < -0.39 is 0 Å². The Morgan fingerprint density at radius 1 is 0.844 bits per heavy atom. The van der Waals surface area contributed by atoms with E-state index in [1.54, 1.807) is 0 Å². The van der Waals surface area contributed by atoms with E-state index in [0.717, 1.165) is 47.4 Å². The molecule has 0 amide bonds. The van der Waals surface area contributed by atoms with Gasteiger partial charge < -0.3 is 0 Å². The molecule has 0 spiro atoms. The number of halogens is 1. The van der Waals surface area contributed by atoms with Crippen LogP contribution in [0.3, 0.4) is 0 Å². The fourth-order valence-electron chi connectivity index (χ4n) is 5.43. The SMILES string of the molecule is C=CCCc1ccc(-c2ccc3cc(CC[C@H]4CC[C@H](CCC)CC4)ccc3c2F)cc1. The van der Waals surface area contributed by atoms with Crippen molar-refractivity contribution < 1.29 is 4.39 Å². The average molecular weight is 429 g/mol. The number of aryl methyl sites for hydroxylation is 2. The minimum Gasteiger partial charge on any atom is -0.206 e. The summed E-state index contributed by atoms with van der Waals surface area (Å²) >= 11 is 0. The highest BCUT2D eigenvalue weighted by molar-refractivity contribution is 5.88. The van der Waals surface area contributed by atoms with Crippen molar-refractivity contribution in [3.05, 3.63) is 84.2 Å². The first-order valence-corrected chi connectivity index (χ1v) is 12.6. The zero-order valence-electron chi connectivity index (χ0n) is 19.6. The standard InChI is InChI=1S/C31H37F/c1-3-5-7-24-14-17-27(18-15-24)29-21-19-28-22-26(16-20-30(28)31(29)32)13-12-25-10-8-23(6-4-2)9-11-25/h3,14-23,25H,1,4-13H2,2H3/t23-,25-. The van der Waals surface area contributed by atoms with Crippen molar-refractivity contribution >= 4 is 10.8 Å². The highest BCUT2D eigenvalue weighted by Crippen LogP contribution is 2.34. The third kappa shape index (κ3) is 5.49. The van der Waals surface area contributed by atoms with Crippen LogP contribution in [-0.4, -0.2) is 0 Å². The van der Waals surface area contributed by atoms with Crippen LogP contribution in [-0.2, 0) is 12.8 Å². The quantitative estimate of drug-likeness (QED) is 0.298. The van der Waals surface area contributed by atoms with Gasteiger partial charge in [0.1, 0.15) is 5.82 Å². The molecule has 0 unspecified atom stereocenters. The van der Waals surface area contributed by atoms with Crippen LogP contribution >= 0.6 is 0 Å². The zero-order chi connectivity index (χ0) is 22.3. The number of hydrogen-bond donors (Lipinski definition) is 0. The predicted molar refractivity (Wildman–Crippen MR) is 137 cm³/mol. The Balaban J connectivity index is 1.42. The van der Waals surface area contributed by atoms with Gasteiger partial charge in [0.15, 0.2) is 0 Å². The molecule has 0 N–H and O–H groups in total. The van der Waals surface area contributed by atoms with Crippen LogP contribution in [0, 0.1) is 17.7 Å². The lowest BCUT2D eigenvalue weighted by Crippen LogP contribution is -2.15. The molecule has 0 aliphatic heterocycles. The third-order valence-electron chi connectivity index (χ3n) is 7.43. The van der Waals surface area contributed by atoms with Crippen molar-refractivity contribution in [2.75, 3.05) is 0 Å². The molecule has 3 aromatic rings. The second-order valence-corrected chi connectivity index (χ2v) is 9.72. The summed E-state index contributed by atoms with van der Waals surface area (Å²) in [6, 6.07) is 18.6. The molecule has 0 nitrogen and oxygen atoms in total. The number of fused-ring (bicyclic) bond motifs is 1. The molecular formula is C31H37F. The highest BCUT2D eigenvalue weighted by Gasteiger charge is 2.20. The molecular weight excluding hydrogens is 391 g/mol. The fourth-order valence-corrected chi connectivity index (χ4v) is 5.43. The number of rotatable bonds is 9. The molecule has 0 atom stereocenters. The molecule has 168 valence electrons. The van der Waals surface area contributed by atoms with E-state index in [9.17, 15) is 0 Å². The second-order valence-electron chi connectivity index (χ2n) is 9.72. The normalized spacial score (nSPS) is 18.7. The number of benzene rings is 3. The van der Waals surface area contributed by atoms with E-state index in [2.05, 4.69) is 43.8 Å². The van der Waals surface area contributed by atoms with E-state index in [4.69, 9.17) is 0 Å². The Morgan fingerprint density at radius 2 is 1.53 bits per heavy atom. The Bertz CT molecular complexity index is 1020. The Hall–Kier alpha value is -2.41. The van der Waals surface area contributed by atoms with Crippen molar-refractivity contribution in [2.24, 2.45) is 11.8 Å². The van der Waals surface area contributed by atoms with Gasteiger partial charge in [-0.25, -0.2) is 4.39 Å². The maximum absolute atomic E-state index is 15.4. The lowest BCUT2D eigenvalue weighted by Gasteiger charge is -2.28. The first-order chi connectivity index (χ1) is 15.7. The second kappa shape index (κ2) is 10.9. The molecule has 4 rings (SSSR count). The first kappa shape index (κ1) is 22.8. The van der Waals surface area contributed by atoms with Gasteiger partial charge in [-0.1, -0.05) is 106 Å².